The predicted molar refractivity (Wildman–Crippen MR) is 53.3 cm³/mol. The monoisotopic (exact) mass is 212 g/mol. The van der Waals surface area contributed by atoms with Crippen LogP contribution in [-0.2, 0) is 6.42 Å². The van der Waals surface area contributed by atoms with Crippen molar-refractivity contribution in [1.82, 2.24) is 0 Å². The maximum Gasteiger partial charge on any atom is 0.163 e. The van der Waals surface area contributed by atoms with Crippen LogP contribution in [0.25, 0.3) is 0 Å². The minimum atomic E-state index is -0.430. The summed E-state index contributed by atoms with van der Waals surface area (Å²) in [7, 11) is 0. The fourth-order valence-corrected chi connectivity index (χ4v) is 1.95. The highest BCUT2D eigenvalue weighted by atomic mass is 35.5. The third-order valence-corrected chi connectivity index (χ3v) is 2.84. The lowest BCUT2D eigenvalue weighted by Crippen LogP contribution is -2.01. The lowest BCUT2D eigenvalue weighted by molar-refractivity contribution is 0.0982. The van der Waals surface area contributed by atoms with Gasteiger partial charge in [-0.1, -0.05) is 11.6 Å². The van der Waals surface area contributed by atoms with E-state index in [1.54, 1.807) is 0 Å². The Bertz CT molecular complexity index is 387. The largest absolute Gasteiger partial charge is 0.294 e. The van der Waals surface area contributed by atoms with Gasteiger partial charge in [0.2, 0.25) is 0 Å². The van der Waals surface area contributed by atoms with Gasteiger partial charge in [-0.15, -0.1) is 0 Å². The molecule has 0 amide bonds. The predicted octanol–water partition coefficient (Wildman–Crippen LogP) is 3.39. The van der Waals surface area contributed by atoms with Gasteiger partial charge in [-0.2, -0.15) is 0 Å². The molecule has 0 spiro atoms. The van der Waals surface area contributed by atoms with E-state index in [9.17, 15) is 9.18 Å². The first-order valence-electron chi connectivity index (χ1n) is 4.69. The highest BCUT2D eigenvalue weighted by molar-refractivity contribution is 6.31. The van der Waals surface area contributed by atoms with Crippen molar-refractivity contribution < 1.29 is 9.18 Å². The fourth-order valence-electron chi connectivity index (χ4n) is 1.79. The molecule has 74 valence electrons. The van der Waals surface area contributed by atoms with Crippen molar-refractivity contribution in [3.63, 3.8) is 0 Å². The number of aryl methyl sites for hydroxylation is 1. The van der Waals surface area contributed by atoms with Crippen LogP contribution >= 0.6 is 11.6 Å². The summed E-state index contributed by atoms with van der Waals surface area (Å²) < 4.78 is 13.1. The quantitative estimate of drug-likeness (QED) is 0.603. The van der Waals surface area contributed by atoms with Crippen molar-refractivity contribution in [3.05, 3.63) is 34.1 Å². The highest BCUT2D eigenvalue weighted by Crippen LogP contribution is 2.25. The molecule has 3 heteroatoms. The van der Waals surface area contributed by atoms with Crippen LogP contribution in [0.3, 0.4) is 0 Å². The summed E-state index contributed by atoms with van der Waals surface area (Å²) in [6, 6.07) is 2.85. The molecular weight excluding hydrogens is 203 g/mol. The molecule has 0 atom stereocenters. The van der Waals surface area contributed by atoms with Crippen LogP contribution in [0, 0.1) is 5.82 Å². The van der Waals surface area contributed by atoms with E-state index in [1.807, 2.05) is 0 Å². The molecule has 0 aliphatic heterocycles. The van der Waals surface area contributed by atoms with E-state index in [-0.39, 0.29) is 10.8 Å². The first kappa shape index (κ1) is 9.66. The van der Waals surface area contributed by atoms with Crippen molar-refractivity contribution in [2.45, 2.75) is 25.7 Å². The van der Waals surface area contributed by atoms with E-state index in [2.05, 4.69) is 0 Å². The summed E-state index contributed by atoms with van der Waals surface area (Å²) in [6.07, 6.45) is 3.15. The Morgan fingerprint density at radius 2 is 1.93 bits per heavy atom. The number of halogens is 2. The standard InChI is InChI=1S/C11H10ClFO/c12-9-6-8-7(5-10(9)13)3-1-2-4-11(8)14/h5-6H,1-4H2. The molecule has 1 nitrogen and oxygen atoms in total. The second-order valence-electron chi connectivity index (χ2n) is 3.55. The molecule has 0 unspecified atom stereocenters. The normalized spacial score (nSPS) is 16.3. The summed E-state index contributed by atoms with van der Waals surface area (Å²) in [5, 5.41) is 0.0407. The van der Waals surface area contributed by atoms with Crippen LogP contribution in [0.2, 0.25) is 5.02 Å². The Labute approximate surface area is 86.9 Å². The van der Waals surface area contributed by atoms with Crippen molar-refractivity contribution in [1.29, 1.82) is 0 Å². The molecule has 1 aliphatic rings. The van der Waals surface area contributed by atoms with Gasteiger partial charge in [0.15, 0.2) is 5.78 Å². The molecule has 0 saturated heterocycles. The summed E-state index contributed by atoms with van der Waals surface area (Å²) in [5.74, 6) is -0.348. The first-order chi connectivity index (χ1) is 6.68. The van der Waals surface area contributed by atoms with Gasteiger partial charge in [0.25, 0.3) is 0 Å². The van der Waals surface area contributed by atoms with E-state index in [4.69, 9.17) is 11.6 Å². The second kappa shape index (κ2) is 3.70. The Morgan fingerprint density at radius 1 is 1.21 bits per heavy atom. The van der Waals surface area contributed by atoms with Gasteiger partial charge in [0.1, 0.15) is 5.82 Å². The molecule has 0 aromatic heterocycles. The molecule has 0 N–H and O–H groups in total. The Balaban J connectivity index is 2.54. The maximum absolute atomic E-state index is 13.1. The molecule has 0 bridgehead atoms. The molecule has 2 rings (SSSR count). The molecule has 1 aromatic carbocycles. The number of hydrogen-bond donors (Lipinski definition) is 0. The number of rotatable bonds is 0. The molecule has 1 aromatic rings. The average molecular weight is 213 g/mol. The van der Waals surface area contributed by atoms with Gasteiger partial charge in [0.05, 0.1) is 5.02 Å². The van der Waals surface area contributed by atoms with E-state index >= 15 is 0 Å². The van der Waals surface area contributed by atoms with Crippen LogP contribution in [0.5, 0.6) is 0 Å². The van der Waals surface area contributed by atoms with Gasteiger partial charge in [-0.25, -0.2) is 4.39 Å². The number of carbonyl (C=O) groups is 1. The number of benzene rings is 1. The van der Waals surface area contributed by atoms with E-state index in [0.717, 1.165) is 24.8 Å². The Hall–Kier alpha value is -0.890. The Morgan fingerprint density at radius 3 is 2.71 bits per heavy atom. The van der Waals surface area contributed by atoms with Crippen LogP contribution in [-0.4, -0.2) is 5.78 Å². The molecule has 0 radical (unpaired) electrons. The SMILES string of the molecule is O=C1CCCCc2cc(F)c(Cl)cc21. The van der Waals surface area contributed by atoms with Gasteiger partial charge in [-0.3, -0.25) is 4.79 Å². The van der Waals surface area contributed by atoms with Gasteiger partial charge in [-0.05, 0) is 37.0 Å². The van der Waals surface area contributed by atoms with E-state index < -0.39 is 5.82 Å². The summed E-state index contributed by atoms with van der Waals surface area (Å²) in [6.45, 7) is 0. The maximum atomic E-state index is 13.1. The molecule has 0 fully saturated rings. The first-order valence-corrected chi connectivity index (χ1v) is 5.07. The zero-order valence-electron chi connectivity index (χ0n) is 7.65. The van der Waals surface area contributed by atoms with Crippen LogP contribution in [0.1, 0.15) is 35.2 Å². The molecule has 1 aliphatic carbocycles. The number of Topliss-reactive ketones (excluding diaryl/α,β-unsaturated/α-hetero) is 1. The van der Waals surface area contributed by atoms with Crippen molar-refractivity contribution in [2.24, 2.45) is 0 Å². The van der Waals surface area contributed by atoms with Crippen molar-refractivity contribution in [3.8, 4) is 0 Å². The summed E-state index contributed by atoms with van der Waals surface area (Å²) >= 11 is 5.64. The summed E-state index contributed by atoms with van der Waals surface area (Å²) in [4.78, 5) is 11.6. The van der Waals surface area contributed by atoms with Gasteiger partial charge < -0.3 is 0 Å². The van der Waals surface area contributed by atoms with E-state index in [0.29, 0.717) is 12.0 Å². The smallest absolute Gasteiger partial charge is 0.163 e. The summed E-state index contributed by atoms with van der Waals surface area (Å²) in [5.41, 5.74) is 1.41. The van der Waals surface area contributed by atoms with Crippen molar-refractivity contribution >= 4 is 17.4 Å². The highest BCUT2D eigenvalue weighted by Gasteiger charge is 2.17. The zero-order valence-corrected chi connectivity index (χ0v) is 8.40. The lowest BCUT2D eigenvalue weighted by Gasteiger charge is -2.05. The third-order valence-electron chi connectivity index (χ3n) is 2.55. The minimum absolute atomic E-state index is 0.0407. The number of hydrogen-bond acceptors (Lipinski definition) is 1. The van der Waals surface area contributed by atoms with Crippen molar-refractivity contribution in [2.75, 3.05) is 0 Å². The topological polar surface area (TPSA) is 17.1 Å². The molecule has 0 heterocycles. The third kappa shape index (κ3) is 1.67. The molecular formula is C11H10ClFO. The van der Waals surface area contributed by atoms with Crippen LogP contribution in [0.4, 0.5) is 4.39 Å². The zero-order chi connectivity index (χ0) is 10.1. The molecule has 0 saturated carbocycles. The number of ketones is 1. The van der Waals surface area contributed by atoms with E-state index in [1.165, 1.54) is 12.1 Å². The molecule has 14 heavy (non-hydrogen) atoms. The van der Waals surface area contributed by atoms with Crippen LogP contribution < -0.4 is 0 Å². The minimum Gasteiger partial charge on any atom is -0.294 e. The number of carbonyl (C=O) groups excluding carboxylic acids is 1. The number of fused-ring (bicyclic) bond motifs is 1. The van der Waals surface area contributed by atoms with Gasteiger partial charge in [0, 0.05) is 12.0 Å². The van der Waals surface area contributed by atoms with Gasteiger partial charge >= 0.3 is 0 Å². The lowest BCUT2D eigenvalue weighted by atomic mass is 10.0. The average Bonchev–Trinajstić information content (AvgIpc) is 2.31. The Kier molecular flexibility index (Phi) is 2.55. The second-order valence-corrected chi connectivity index (χ2v) is 3.96. The van der Waals surface area contributed by atoms with Crippen LogP contribution in [0.15, 0.2) is 12.1 Å². The fraction of sp³-hybridized carbons (Fsp3) is 0.364.